The van der Waals surface area contributed by atoms with Crippen molar-refractivity contribution in [3.05, 3.63) is 24.3 Å². The quantitative estimate of drug-likeness (QED) is 0.747. The normalized spacial score (nSPS) is 13.2. The molecule has 0 heterocycles. The largest absolute Gasteiger partial charge is 0.385 e. The molecular formula is C14H22ClNO2S. The fourth-order valence-corrected chi connectivity index (χ4v) is 3.44. The molecule has 1 N–H and O–H groups in total. The molecule has 0 aliphatic rings. The molecule has 5 heteroatoms. The number of hydrogen-bond donors (Lipinski definition) is 1. The van der Waals surface area contributed by atoms with Crippen molar-refractivity contribution in [2.24, 2.45) is 5.92 Å². The molecule has 0 amide bonds. The Morgan fingerprint density at radius 1 is 1.26 bits per heavy atom. The highest BCUT2D eigenvalue weighted by Gasteiger charge is 2.12. The minimum atomic E-state index is -3.11. The third-order valence-corrected chi connectivity index (χ3v) is 5.10. The van der Waals surface area contributed by atoms with Gasteiger partial charge < -0.3 is 5.32 Å². The van der Waals surface area contributed by atoms with Gasteiger partial charge in [-0.05, 0) is 43.0 Å². The van der Waals surface area contributed by atoms with E-state index in [4.69, 9.17) is 11.6 Å². The standard InChI is InChI=1S/C14H22ClNO2S/c1-3-10-19(17,18)14-6-4-13(5-7-14)16-11-12(2)8-9-15/h4-7,12,16H,3,8-11H2,1-2H3. The Kier molecular flexibility index (Phi) is 6.66. The van der Waals surface area contributed by atoms with Gasteiger partial charge in [0.15, 0.2) is 9.84 Å². The number of rotatable bonds is 8. The molecule has 108 valence electrons. The fourth-order valence-electron chi connectivity index (χ4n) is 1.75. The van der Waals surface area contributed by atoms with Gasteiger partial charge in [0.2, 0.25) is 0 Å². The number of anilines is 1. The molecule has 0 fully saturated rings. The molecular weight excluding hydrogens is 282 g/mol. The van der Waals surface area contributed by atoms with E-state index in [1.54, 1.807) is 12.1 Å². The minimum Gasteiger partial charge on any atom is -0.385 e. The van der Waals surface area contributed by atoms with Gasteiger partial charge in [-0.25, -0.2) is 8.42 Å². The van der Waals surface area contributed by atoms with Gasteiger partial charge in [-0.3, -0.25) is 0 Å². The average molecular weight is 304 g/mol. The fraction of sp³-hybridized carbons (Fsp3) is 0.571. The zero-order valence-corrected chi connectivity index (χ0v) is 13.1. The van der Waals surface area contributed by atoms with E-state index in [1.807, 2.05) is 19.1 Å². The van der Waals surface area contributed by atoms with Crippen LogP contribution in [0.15, 0.2) is 29.2 Å². The Labute approximate surface area is 121 Å². The van der Waals surface area contributed by atoms with Crippen LogP contribution in [0.25, 0.3) is 0 Å². The van der Waals surface area contributed by atoms with Gasteiger partial charge in [-0.15, -0.1) is 11.6 Å². The highest BCUT2D eigenvalue weighted by Crippen LogP contribution is 2.16. The number of halogens is 1. The first kappa shape index (κ1) is 16.3. The van der Waals surface area contributed by atoms with Crippen molar-refractivity contribution >= 4 is 27.1 Å². The summed E-state index contributed by atoms with van der Waals surface area (Å²) in [6, 6.07) is 6.96. The summed E-state index contributed by atoms with van der Waals surface area (Å²) in [7, 11) is -3.11. The summed E-state index contributed by atoms with van der Waals surface area (Å²) in [5.41, 5.74) is 0.942. The summed E-state index contributed by atoms with van der Waals surface area (Å²) >= 11 is 5.68. The first-order valence-electron chi connectivity index (χ1n) is 6.62. The summed E-state index contributed by atoms with van der Waals surface area (Å²) in [4.78, 5) is 0.397. The zero-order chi connectivity index (χ0) is 14.3. The van der Waals surface area contributed by atoms with Crippen LogP contribution in [0, 0.1) is 5.92 Å². The summed E-state index contributed by atoms with van der Waals surface area (Å²) in [6.45, 7) is 4.84. The van der Waals surface area contributed by atoms with Crippen molar-refractivity contribution in [2.45, 2.75) is 31.6 Å². The van der Waals surface area contributed by atoms with E-state index in [9.17, 15) is 8.42 Å². The third-order valence-electron chi connectivity index (χ3n) is 2.94. The zero-order valence-electron chi connectivity index (χ0n) is 11.5. The summed E-state index contributed by atoms with van der Waals surface area (Å²) in [5, 5.41) is 3.29. The second-order valence-electron chi connectivity index (χ2n) is 4.81. The van der Waals surface area contributed by atoms with Crippen molar-refractivity contribution in [3.8, 4) is 0 Å². The van der Waals surface area contributed by atoms with Crippen LogP contribution in [-0.4, -0.2) is 26.6 Å². The van der Waals surface area contributed by atoms with Gasteiger partial charge in [-0.2, -0.15) is 0 Å². The van der Waals surface area contributed by atoms with E-state index in [-0.39, 0.29) is 5.75 Å². The smallest absolute Gasteiger partial charge is 0.178 e. The lowest BCUT2D eigenvalue weighted by atomic mass is 10.1. The SMILES string of the molecule is CCCS(=O)(=O)c1ccc(NCC(C)CCCl)cc1. The Bertz CT molecular complexity index is 471. The second-order valence-corrected chi connectivity index (χ2v) is 7.29. The van der Waals surface area contributed by atoms with Crippen LogP contribution in [0.4, 0.5) is 5.69 Å². The van der Waals surface area contributed by atoms with Crippen molar-refractivity contribution in [2.75, 3.05) is 23.5 Å². The number of alkyl halides is 1. The van der Waals surface area contributed by atoms with Crippen molar-refractivity contribution in [1.82, 2.24) is 0 Å². The molecule has 0 aliphatic carbocycles. The first-order valence-corrected chi connectivity index (χ1v) is 8.81. The lowest BCUT2D eigenvalue weighted by Gasteiger charge is -2.12. The van der Waals surface area contributed by atoms with E-state index in [1.165, 1.54) is 0 Å². The number of sulfone groups is 1. The molecule has 1 aromatic carbocycles. The predicted octanol–water partition coefficient (Wildman–Crippen LogP) is 3.55. The van der Waals surface area contributed by atoms with Gasteiger partial charge in [0, 0.05) is 18.1 Å². The molecule has 0 bridgehead atoms. The maximum absolute atomic E-state index is 11.9. The highest BCUT2D eigenvalue weighted by molar-refractivity contribution is 7.91. The molecule has 0 aliphatic heterocycles. The van der Waals surface area contributed by atoms with E-state index >= 15 is 0 Å². The molecule has 1 atom stereocenters. The van der Waals surface area contributed by atoms with E-state index in [0.29, 0.717) is 23.1 Å². The maximum Gasteiger partial charge on any atom is 0.178 e. The maximum atomic E-state index is 11.9. The lowest BCUT2D eigenvalue weighted by molar-refractivity contribution is 0.594. The highest BCUT2D eigenvalue weighted by atomic mass is 35.5. The molecule has 0 radical (unpaired) electrons. The van der Waals surface area contributed by atoms with Gasteiger partial charge in [0.25, 0.3) is 0 Å². The van der Waals surface area contributed by atoms with Crippen LogP contribution in [0.5, 0.6) is 0 Å². The van der Waals surface area contributed by atoms with Crippen molar-refractivity contribution in [1.29, 1.82) is 0 Å². The van der Waals surface area contributed by atoms with Crippen LogP contribution >= 0.6 is 11.6 Å². The molecule has 3 nitrogen and oxygen atoms in total. The van der Waals surface area contributed by atoms with Gasteiger partial charge in [-0.1, -0.05) is 13.8 Å². The third kappa shape index (κ3) is 5.41. The summed E-state index contributed by atoms with van der Waals surface area (Å²) < 4.78 is 23.7. The van der Waals surface area contributed by atoms with Crippen LogP contribution in [0.3, 0.4) is 0 Å². The van der Waals surface area contributed by atoms with Crippen LogP contribution in [0.2, 0.25) is 0 Å². The van der Waals surface area contributed by atoms with E-state index in [0.717, 1.165) is 18.7 Å². The van der Waals surface area contributed by atoms with Gasteiger partial charge >= 0.3 is 0 Å². The van der Waals surface area contributed by atoms with Crippen LogP contribution in [-0.2, 0) is 9.84 Å². The average Bonchev–Trinajstić information content (AvgIpc) is 2.37. The van der Waals surface area contributed by atoms with Crippen LogP contribution in [0.1, 0.15) is 26.7 Å². The predicted molar refractivity (Wildman–Crippen MR) is 81.8 cm³/mol. The van der Waals surface area contributed by atoms with Gasteiger partial charge in [0.1, 0.15) is 0 Å². The number of hydrogen-bond acceptors (Lipinski definition) is 3. The molecule has 1 unspecified atom stereocenters. The Morgan fingerprint density at radius 3 is 2.42 bits per heavy atom. The minimum absolute atomic E-state index is 0.201. The monoisotopic (exact) mass is 303 g/mol. The second kappa shape index (κ2) is 7.75. The van der Waals surface area contributed by atoms with Crippen molar-refractivity contribution in [3.63, 3.8) is 0 Å². The van der Waals surface area contributed by atoms with Crippen molar-refractivity contribution < 1.29 is 8.42 Å². The van der Waals surface area contributed by atoms with E-state index in [2.05, 4.69) is 12.2 Å². The molecule has 0 spiro atoms. The summed E-state index contributed by atoms with van der Waals surface area (Å²) in [5.74, 6) is 1.37. The molecule has 0 saturated carbocycles. The topological polar surface area (TPSA) is 46.2 Å². The summed E-state index contributed by atoms with van der Waals surface area (Å²) in [6.07, 6.45) is 1.61. The first-order chi connectivity index (χ1) is 8.99. The molecule has 19 heavy (non-hydrogen) atoms. The number of nitrogens with one attached hydrogen (secondary N) is 1. The Morgan fingerprint density at radius 2 is 1.89 bits per heavy atom. The Hall–Kier alpha value is -0.740. The Balaban J connectivity index is 2.62. The molecule has 1 rings (SSSR count). The molecule has 0 aromatic heterocycles. The van der Waals surface area contributed by atoms with Crippen LogP contribution < -0.4 is 5.32 Å². The molecule has 0 saturated heterocycles. The molecule has 1 aromatic rings. The van der Waals surface area contributed by atoms with E-state index < -0.39 is 9.84 Å². The lowest BCUT2D eigenvalue weighted by Crippen LogP contribution is -2.12. The number of benzene rings is 1. The van der Waals surface area contributed by atoms with Gasteiger partial charge in [0.05, 0.1) is 10.6 Å².